The highest BCUT2D eigenvalue weighted by atomic mass is 16.1. The minimum atomic E-state index is 0.447. The molecule has 70 valence electrons. The third-order valence-corrected chi connectivity index (χ3v) is 3.91. The van der Waals surface area contributed by atoms with E-state index in [0.29, 0.717) is 17.9 Å². The monoisotopic (exact) mass is 177 g/mol. The van der Waals surface area contributed by atoms with Gasteiger partial charge in [-0.2, -0.15) is 0 Å². The molecule has 2 atom stereocenters. The van der Waals surface area contributed by atoms with Crippen LogP contribution in [0.5, 0.6) is 0 Å². The van der Waals surface area contributed by atoms with E-state index in [1.807, 2.05) is 0 Å². The highest BCUT2D eigenvalue weighted by Gasteiger charge is 2.50. The lowest BCUT2D eigenvalue weighted by molar-refractivity contribution is -0.00660. The maximum Gasteiger partial charge on any atom is 0.235 e. The fourth-order valence-electron chi connectivity index (χ4n) is 2.78. The van der Waals surface area contributed by atoms with Crippen LogP contribution in [0.15, 0.2) is 16.6 Å². The number of hydrogen-bond acceptors (Lipinski definition) is 2. The van der Waals surface area contributed by atoms with Gasteiger partial charge in [0.25, 0.3) is 0 Å². The van der Waals surface area contributed by atoms with Gasteiger partial charge in [0, 0.05) is 0 Å². The molecule has 0 amide bonds. The van der Waals surface area contributed by atoms with E-state index >= 15 is 0 Å². The highest BCUT2D eigenvalue weighted by Crippen LogP contribution is 2.59. The molecule has 0 aromatic rings. The molecule has 3 aliphatic rings. The van der Waals surface area contributed by atoms with Gasteiger partial charge in [0.2, 0.25) is 6.08 Å². The maximum absolute atomic E-state index is 10.0. The first-order chi connectivity index (χ1) is 6.16. The van der Waals surface area contributed by atoms with Crippen molar-refractivity contribution in [3.8, 4) is 0 Å². The Morgan fingerprint density at radius 3 is 3.00 bits per heavy atom. The molecule has 0 spiro atoms. The van der Waals surface area contributed by atoms with Crippen molar-refractivity contribution in [1.82, 2.24) is 0 Å². The van der Waals surface area contributed by atoms with Crippen LogP contribution in [-0.2, 0) is 4.79 Å². The van der Waals surface area contributed by atoms with Gasteiger partial charge in [-0.1, -0.05) is 19.9 Å². The zero-order valence-corrected chi connectivity index (χ0v) is 8.21. The van der Waals surface area contributed by atoms with Crippen molar-refractivity contribution in [2.75, 3.05) is 6.54 Å². The summed E-state index contributed by atoms with van der Waals surface area (Å²) in [6.07, 6.45) is 6.36. The summed E-state index contributed by atoms with van der Waals surface area (Å²) in [6, 6.07) is 0. The molecular formula is C11H15NO. The molecule has 0 aromatic heterocycles. The van der Waals surface area contributed by atoms with Crippen molar-refractivity contribution in [3.63, 3.8) is 0 Å². The van der Waals surface area contributed by atoms with Gasteiger partial charge in [0.05, 0.1) is 6.54 Å². The van der Waals surface area contributed by atoms with E-state index in [4.69, 9.17) is 0 Å². The van der Waals surface area contributed by atoms with Gasteiger partial charge in [-0.3, -0.25) is 0 Å². The smallest absolute Gasteiger partial charge is 0.211 e. The van der Waals surface area contributed by atoms with Crippen molar-refractivity contribution in [3.05, 3.63) is 11.6 Å². The third kappa shape index (κ3) is 1.17. The van der Waals surface area contributed by atoms with Gasteiger partial charge in [-0.25, -0.2) is 9.79 Å². The molecule has 3 rings (SSSR count). The number of hydrogen-bond donors (Lipinski definition) is 0. The van der Waals surface area contributed by atoms with E-state index in [-0.39, 0.29) is 0 Å². The van der Waals surface area contributed by atoms with Crippen LogP contribution < -0.4 is 0 Å². The molecule has 0 aromatic carbocycles. The summed E-state index contributed by atoms with van der Waals surface area (Å²) in [6.45, 7) is 5.22. The van der Waals surface area contributed by atoms with Gasteiger partial charge in [-0.05, 0) is 35.7 Å². The quantitative estimate of drug-likeness (QED) is 0.361. The standard InChI is InChI=1S/C11H15NO/c1-11(2)9-4-3-8(6-12-7-13)10(11)5-9/h3,9-10H,4-6H2,1-2H3. The van der Waals surface area contributed by atoms with Crippen LogP contribution >= 0.6 is 0 Å². The third-order valence-electron chi connectivity index (χ3n) is 3.91. The summed E-state index contributed by atoms with van der Waals surface area (Å²) in [5.74, 6) is 1.53. The van der Waals surface area contributed by atoms with Gasteiger partial charge in [0.1, 0.15) is 0 Å². The summed E-state index contributed by atoms with van der Waals surface area (Å²) in [5.41, 5.74) is 1.80. The lowest BCUT2D eigenvalue weighted by atomic mass is 9.49. The number of carbonyl (C=O) groups excluding carboxylic acids is 1. The Bertz CT molecular complexity index is 297. The number of fused-ring (bicyclic) bond motifs is 1. The lowest BCUT2D eigenvalue weighted by Crippen LogP contribution is -2.48. The second-order valence-electron chi connectivity index (χ2n) is 4.73. The number of aliphatic imine (C=N–C) groups is 1. The molecule has 0 N–H and O–H groups in total. The van der Waals surface area contributed by atoms with Gasteiger partial charge in [-0.15, -0.1) is 0 Å². The minimum Gasteiger partial charge on any atom is -0.211 e. The minimum absolute atomic E-state index is 0.447. The number of rotatable bonds is 2. The van der Waals surface area contributed by atoms with Crippen LogP contribution in [0.4, 0.5) is 0 Å². The molecule has 3 aliphatic carbocycles. The van der Waals surface area contributed by atoms with Crippen molar-refractivity contribution in [2.24, 2.45) is 22.2 Å². The van der Waals surface area contributed by atoms with E-state index in [1.54, 1.807) is 6.08 Å². The summed E-state index contributed by atoms with van der Waals surface area (Å²) in [5, 5.41) is 0. The van der Waals surface area contributed by atoms with Gasteiger partial charge < -0.3 is 0 Å². The van der Waals surface area contributed by atoms with Crippen LogP contribution in [0.2, 0.25) is 0 Å². The first kappa shape index (κ1) is 8.71. The van der Waals surface area contributed by atoms with Crippen molar-refractivity contribution in [2.45, 2.75) is 26.7 Å². The normalized spacial score (nSPS) is 34.2. The van der Waals surface area contributed by atoms with Gasteiger partial charge in [0.15, 0.2) is 0 Å². The van der Waals surface area contributed by atoms with Crippen molar-refractivity contribution >= 4 is 6.08 Å². The molecular weight excluding hydrogens is 162 g/mol. The Kier molecular flexibility index (Phi) is 1.88. The molecule has 2 nitrogen and oxygen atoms in total. The molecule has 0 saturated heterocycles. The zero-order chi connectivity index (χ0) is 9.47. The molecule has 2 heteroatoms. The number of allylic oxidation sites excluding steroid dienone is 1. The molecule has 1 saturated carbocycles. The first-order valence-electron chi connectivity index (χ1n) is 4.89. The van der Waals surface area contributed by atoms with E-state index < -0.39 is 0 Å². The highest BCUT2D eigenvalue weighted by molar-refractivity contribution is 5.35. The molecule has 0 radical (unpaired) electrons. The molecule has 13 heavy (non-hydrogen) atoms. The Hall–Kier alpha value is -0.880. The van der Waals surface area contributed by atoms with Gasteiger partial charge >= 0.3 is 0 Å². The fourth-order valence-corrected chi connectivity index (χ4v) is 2.78. The summed E-state index contributed by atoms with van der Waals surface area (Å²) >= 11 is 0. The Morgan fingerprint density at radius 2 is 2.46 bits per heavy atom. The summed E-state index contributed by atoms with van der Waals surface area (Å²) in [4.78, 5) is 13.7. The maximum atomic E-state index is 10.0. The average Bonchev–Trinajstić information content (AvgIpc) is 2.14. The molecule has 1 fully saturated rings. The van der Waals surface area contributed by atoms with Crippen LogP contribution in [0.25, 0.3) is 0 Å². The number of isocyanates is 1. The van der Waals surface area contributed by atoms with E-state index in [2.05, 4.69) is 24.9 Å². The average molecular weight is 177 g/mol. The van der Waals surface area contributed by atoms with Crippen LogP contribution in [-0.4, -0.2) is 12.6 Å². The SMILES string of the molecule is CC1(C)C2CC=C(CN=C=O)C1C2. The Morgan fingerprint density at radius 1 is 1.69 bits per heavy atom. The largest absolute Gasteiger partial charge is 0.235 e. The van der Waals surface area contributed by atoms with Crippen LogP contribution in [0, 0.1) is 17.3 Å². The van der Waals surface area contributed by atoms with Crippen molar-refractivity contribution < 1.29 is 4.79 Å². The number of nitrogens with zero attached hydrogens (tertiary/aromatic N) is 1. The molecule has 2 unspecified atom stereocenters. The second kappa shape index (κ2) is 2.81. The topological polar surface area (TPSA) is 29.4 Å². The summed E-state index contributed by atoms with van der Waals surface area (Å²) < 4.78 is 0. The fraction of sp³-hybridized carbons (Fsp3) is 0.727. The van der Waals surface area contributed by atoms with Crippen LogP contribution in [0.1, 0.15) is 26.7 Å². The van der Waals surface area contributed by atoms with E-state index in [1.165, 1.54) is 18.4 Å². The molecule has 2 bridgehead atoms. The molecule has 0 aliphatic heterocycles. The van der Waals surface area contributed by atoms with E-state index in [9.17, 15) is 4.79 Å². The predicted octanol–water partition coefficient (Wildman–Crippen LogP) is 2.31. The summed E-state index contributed by atoms with van der Waals surface area (Å²) in [7, 11) is 0. The molecule has 0 heterocycles. The lowest BCUT2D eigenvalue weighted by Gasteiger charge is -2.56. The Balaban J connectivity index is 2.14. The Labute approximate surface area is 78.7 Å². The van der Waals surface area contributed by atoms with Crippen LogP contribution in [0.3, 0.4) is 0 Å². The van der Waals surface area contributed by atoms with E-state index in [0.717, 1.165) is 5.92 Å². The second-order valence-corrected chi connectivity index (χ2v) is 4.73. The van der Waals surface area contributed by atoms with Crippen molar-refractivity contribution in [1.29, 1.82) is 0 Å². The first-order valence-corrected chi connectivity index (χ1v) is 4.89. The predicted molar refractivity (Wildman–Crippen MR) is 51.1 cm³/mol. The zero-order valence-electron chi connectivity index (χ0n) is 8.21.